The Morgan fingerprint density at radius 1 is 1.53 bits per heavy atom. The van der Waals surface area contributed by atoms with Crippen LogP contribution in [-0.4, -0.2) is 17.0 Å². The van der Waals surface area contributed by atoms with Crippen LogP contribution in [0.1, 0.15) is 31.4 Å². The molecule has 2 rings (SSSR count). The van der Waals surface area contributed by atoms with Crippen molar-refractivity contribution in [2.75, 3.05) is 6.54 Å². The molecular weight excluding hydrogens is 214 g/mol. The highest BCUT2D eigenvalue weighted by atomic mass is 16.2. The van der Waals surface area contributed by atoms with E-state index in [0.29, 0.717) is 13.1 Å². The summed E-state index contributed by atoms with van der Waals surface area (Å²) in [6.07, 6.45) is 6.09. The molecule has 0 unspecified atom stereocenters. The Kier molecular flexibility index (Phi) is 3.52. The van der Waals surface area contributed by atoms with Gasteiger partial charge < -0.3 is 15.6 Å². The average molecular weight is 235 g/mol. The Labute approximate surface area is 102 Å². The lowest BCUT2D eigenvalue weighted by atomic mass is 9.85. The second-order valence-electron chi connectivity index (χ2n) is 4.98. The van der Waals surface area contributed by atoms with Gasteiger partial charge in [0, 0.05) is 25.5 Å². The normalized spacial score (nSPS) is 18.2. The lowest BCUT2D eigenvalue weighted by Gasteiger charge is -2.25. The van der Waals surface area contributed by atoms with E-state index in [9.17, 15) is 4.79 Å². The van der Waals surface area contributed by atoms with Gasteiger partial charge in [-0.1, -0.05) is 12.8 Å². The molecule has 0 spiro atoms. The van der Waals surface area contributed by atoms with Crippen LogP contribution in [0.5, 0.6) is 0 Å². The molecule has 1 aliphatic rings. The maximum Gasteiger partial charge on any atom is 0.227 e. The van der Waals surface area contributed by atoms with Crippen LogP contribution in [0.15, 0.2) is 18.3 Å². The Morgan fingerprint density at radius 3 is 2.76 bits per heavy atom. The number of carbonyl (C=O) groups is 1. The summed E-state index contributed by atoms with van der Waals surface area (Å²) in [5.41, 5.74) is 6.60. The van der Waals surface area contributed by atoms with Gasteiger partial charge >= 0.3 is 0 Å². The second kappa shape index (κ2) is 4.92. The van der Waals surface area contributed by atoms with Crippen LogP contribution < -0.4 is 11.1 Å². The van der Waals surface area contributed by atoms with Gasteiger partial charge in [0.15, 0.2) is 0 Å². The molecule has 94 valence electrons. The number of amides is 1. The minimum Gasteiger partial charge on any atom is -0.353 e. The number of nitrogens with two attached hydrogens (primary N) is 1. The molecule has 1 saturated carbocycles. The van der Waals surface area contributed by atoms with Crippen LogP contribution >= 0.6 is 0 Å². The largest absolute Gasteiger partial charge is 0.353 e. The van der Waals surface area contributed by atoms with Crippen molar-refractivity contribution in [2.45, 2.75) is 32.2 Å². The summed E-state index contributed by atoms with van der Waals surface area (Å²) >= 11 is 0. The predicted octanol–water partition coefficient (Wildman–Crippen LogP) is 1.16. The summed E-state index contributed by atoms with van der Waals surface area (Å²) in [6, 6.07) is 4.00. The fourth-order valence-corrected chi connectivity index (χ4v) is 2.61. The first-order chi connectivity index (χ1) is 8.18. The van der Waals surface area contributed by atoms with Gasteiger partial charge in [-0.2, -0.15) is 0 Å². The average Bonchev–Trinajstić information content (AvgIpc) is 2.95. The number of hydrogen-bond acceptors (Lipinski definition) is 2. The maximum atomic E-state index is 12.2. The number of nitrogens with zero attached hydrogens (tertiary/aromatic N) is 1. The molecule has 0 atom stereocenters. The molecule has 17 heavy (non-hydrogen) atoms. The van der Waals surface area contributed by atoms with Gasteiger partial charge in [0.1, 0.15) is 0 Å². The molecule has 3 N–H and O–H groups in total. The molecule has 1 amide bonds. The molecule has 0 aliphatic heterocycles. The van der Waals surface area contributed by atoms with E-state index in [-0.39, 0.29) is 11.3 Å². The third-order valence-electron chi connectivity index (χ3n) is 3.91. The van der Waals surface area contributed by atoms with Gasteiger partial charge in [0.25, 0.3) is 0 Å². The number of aryl methyl sites for hydroxylation is 1. The fraction of sp³-hybridized carbons (Fsp3) is 0.615. The van der Waals surface area contributed by atoms with Gasteiger partial charge in [-0.3, -0.25) is 4.79 Å². The van der Waals surface area contributed by atoms with Gasteiger partial charge in [-0.05, 0) is 25.0 Å². The summed E-state index contributed by atoms with van der Waals surface area (Å²) in [5.74, 6) is 0.124. The van der Waals surface area contributed by atoms with Crippen molar-refractivity contribution in [2.24, 2.45) is 18.2 Å². The number of rotatable bonds is 4. The van der Waals surface area contributed by atoms with Gasteiger partial charge in [0.2, 0.25) is 5.91 Å². The van der Waals surface area contributed by atoms with E-state index in [2.05, 4.69) is 5.32 Å². The molecule has 0 bridgehead atoms. The van der Waals surface area contributed by atoms with Crippen molar-refractivity contribution in [3.63, 3.8) is 0 Å². The number of hydrogen-bond donors (Lipinski definition) is 2. The smallest absolute Gasteiger partial charge is 0.227 e. The van der Waals surface area contributed by atoms with E-state index in [1.807, 2.05) is 29.9 Å². The Bertz CT molecular complexity index is 391. The Hall–Kier alpha value is -1.29. The van der Waals surface area contributed by atoms with Crippen molar-refractivity contribution in [1.29, 1.82) is 0 Å². The molecule has 1 heterocycles. The molecule has 4 heteroatoms. The molecular formula is C13H21N3O. The van der Waals surface area contributed by atoms with E-state index in [0.717, 1.165) is 31.4 Å². The van der Waals surface area contributed by atoms with Crippen molar-refractivity contribution < 1.29 is 4.79 Å². The zero-order chi connectivity index (χ0) is 12.3. The number of nitrogens with one attached hydrogen (secondary N) is 1. The predicted molar refractivity (Wildman–Crippen MR) is 67.2 cm³/mol. The van der Waals surface area contributed by atoms with Crippen molar-refractivity contribution in [1.82, 2.24) is 9.88 Å². The van der Waals surface area contributed by atoms with E-state index < -0.39 is 0 Å². The van der Waals surface area contributed by atoms with Crippen LogP contribution in [0.3, 0.4) is 0 Å². The van der Waals surface area contributed by atoms with Crippen LogP contribution in [0.2, 0.25) is 0 Å². The van der Waals surface area contributed by atoms with Crippen LogP contribution in [-0.2, 0) is 18.4 Å². The number of carbonyl (C=O) groups excluding carboxylic acids is 1. The first-order valence-corrected chi connectivity index (χ1v) is 6.26. The minimum absolute atomic E-state index is 0.124. The quantitative estimate of drug-likeness (QED) is 0.822. The standard InChI is InChI=1S/C13H21N3O/c1-16-8-4-5-11(16)9-15-12(17)13(10-14)6-2-3-7-13/h4-5,8H,2-3,6-7,9-10,14H2,1H3,(H,15,17). The highest BCUT2D eigenvalue weighted by molar-refractivity contribution is 5.83. The van der Waals surface area contributed by atoms with E-state index in [4.69, 9.17) is 5.73 Å². The summed E-state index contributed by atoms with van der Waals surface area (Å²) in [5, 5.41) is 3.02. The van der Waals surface area contributed by atoms with E-state index >= 15 is 0 Å². The third kappa shape index (κ3) is 2.36. The minimum atomic E-state index is -0.300. The van der Waals surface area contributed by atoms with Crippen molar-refractivity contribution in [3.8, 4) is 0 Å². The first kappa shape index (κ1) is 12.2. The summed E-state index contributed by atoms with van der Waals surface area (Å²) in [7, 11) is 1.98. The Morgan fingerprint density at radius 2 is 2.24 bits per heavy atom. The molecule has 1 fully saturated rings. The number of aromatic nitrogens is 1. The zero-order valence-electron chi connectivity index (χ0n) is 10.4. The van der Waals surface area contributed by atoms with Crippen molar-refractivity contribution in [3.05, 3.63) is 24.0 Å². The second-order valence-corrected chi connectivity index (χ2v) is 4.98. The van der Waals surface area contributed by atoms with Crippen LogP contribution in [0, 0.1) is 5.41 Å². The molecule has 0 aromatic carbocycles. The molecule has 1 aromatic rings. The molecule has 1 aromatic heterocycles. The summed E-state index contributed by atoms with van der Waals surface area (Å²) < 4.78 is 2.02. The van der Waals surface area contributed by atoms with Crippen LogP contribution in [0.4, 0.5) is 0 Å². The Balaban J connectivity index is 1.95. The highest BCUT2D eigenvalue weighted by Gasteiger charge is 2.39. The van der Waals surface area contributed by atoms with E-state index in [1.54, 1.807) is 0 Å². The van der Waals surface area contributed by atoms with E-state index in [1.165, 1.54) is 0 Å². The summed E-state index contributed by atoms with van der Waals surface area (Å²) in [6.45, 7) is 1.05. The molecule has 4 nitrogen and oxygen atoms in total. The lowest BCUT2D eigenvalue weighted by molar-refractivity contribution is -0.130. The van der Waals surface area contributed by atoms with Gasteiger partial charge in [-0.25, -0.2) is 0 Å². The van der Waals surface area contributed by atoms with Crippen LogP contribution in [0.25, 0.3) is 0 Å². The first-order valence-electron chi connectivity index (χ1n) is 6.26. The summed E-state index contributed by atoms with van der Waals surface area (Å²) in [4.78, 5) is 12.2. The fourth-order valence-electron chi connectivity index (χ4n) is 2.61. The van der Waals surface area contributed by atoms with Crippen molar-refractivity contribution >= 4 is 5.91 Å². The third-order valence-corrected chi connectivity index (χ3v) is 3.91. The van der Waals surface area contributed by atoms with Gasteiger partial charge in [-0.15, -0.1) is 0 Å². The SMILES string of the molecule is Cn1cccc1CNC(=O)C1(CN)CCCC1. The maximum absolute atomic E-state index is 12.2. The molecule has 1 aliphatic carbocycles. The zero-order valence-corrected chi connectivity index (χ0v) is 10.4. The molecule has 0 saturated heterocycles. The highest BCUT2D eigenvalue weighted by Crippen LogP contribution is 2.37. The molecule has 0 radical (unpaired) electrons. The topological polar surface area (TPSA) is 60.0 Å². The monoisotopic (exact) mass is 235 g/mol. The van der Waals surface area contributed by atoms with Gasteiger partial charge in [0.05, 0.1) is 12.0 Å². The lowest BCUT2D eigenvalue weighted by Crippen LogP contribution is -2.44.